The Hall–Kier alpha value is -3.81. The minimum Gasteiger partial charge on any atom is -0.492 e. The summed E-state index contributed by atoms with van der Waals surface area (Å²) in [6, 6.07) is 9.87. The number of halogens is 3. The summed E-state index contributed by atoms with van der Waals surface area (Å²) in [5, 5.41) is 10.6. The third kappa shape index (κ3) is 6.58. The standard InChI is InChI=1S/C27H36N6O3.C2HF3O2/c1-30-24-23(25(34)32(27(30)35)14-15-36-21-10-6-3-7-11-21)33(18-19-8-4-2-5-9-19)26(29-24)31-13-12-20-16-28-17-22(20)31;3-2(4,5)1(6)7/h3,6-7,10-11,19-20,22,28H,2,4-5,8-9,12-18H2,1H3;(H,6,7). The van der Waals surface area contributed by atoms with E-state index in [1.807, 2.05) is 30.3 Å². The average molecular weight is 607 g/mol. The molecule has 2 aliphatic heterocycles. The van der Waals surface area contributed by atoms with E-state index >= 15 is 0 Å². The maximum Gasteiger partial charge on any atom is 0.490 e. The summed E-state index contributed by atoms with van der Waals surface area (Å²) < 4.78 is 42.6. The second-order valence-corrected chi connectivity index (χ2v) is 11.4. The van der Waals surface area contributed by atoms with Crippen LogP contribution < -0.4 is 26.2 Å². The lowest BCUT2D eigenvalue weighted by Gasteiger charge is -2.28. The van der Waals surface area contributed by atoms with Gasteiger partial charge in [0.15, 0.2) is 11.2 Å². The molecule has 6 rings (SSSR count). The van der Waals surface area contributed by atoms with Gasteiger partial charge in [-0.25, -0.2) is 9.59 Å². The first-order valence-electron chi connectivity index (χ1n) is 14.7. The van der Waals surface area contributed by atoms with Crippen molar-refractivity contribution in [1.82, 2.24) is 24.0 Å². The molecule has 2 atom stereocenters. The number of nitrogens with zero attached hydrogens (tertiary/aromatic N) is 5. The molecule has 0 bridgehead atoms. The zero-order valence-corrected chi connectivity index (χ0v) is 24.1. The van der Waals surface area contributed by atoms with Crippen LogP contribution in [0.4, 0.5) is 19.1 Å². The topological polar surface area (TPSA) is 124 Å². The van der Waals surface area contributed by atoms with E-state index in [1.54, 1.807) is 11.6 Å². The number of aliphatic carboxylic acids is 1. The van der Waals surface area contributed by atoms with Crippen LogP contribution in [0.25, 0.3) is 11.2 Å². The molecule has 2 aromatic heterocycles. The van der Waals surface area contributed by atoms with Crippen molar-refractivity contribution < 1.29 is 27.8 Å². The lowest BCUT2D eigenvalue weighted by molar-refractivity contribution is -0.192. The molecule has 3 aromatic rings. The molecule has 0 amide bonds. The van der Waals surface area contributed by atoms with Gasteiger partial charge in [-0.05, 0) is 43.2 Å². The van der Waals surface area contributed by atoms with Crippen LogP contribution in [0.1, 0.15) is 38.5 Å². The highest BCUT2D eigenvalue weighted by molar-refractivity contribution is 5.75. The normalized spacial score (nSPS) is 20.6. The van der Waals surface area contributed by atoms with E-state index in [-0.39, 0.29) is 24.4 Å². The van der Waals surface area contributed by atoms with Crippen LogP contribution in [0.3, 0.4) is 0 Å². The zero-order valence-electron chi connectivity index (χ0n) is 24.1. The van der Waals surface area contributed by atoms with Crippen LogP contribution in [0, 0.1) is 11.8 Å². The zero-order chi connectivity index (χ0) is 30.7. The van der Waals surface area contributed by atoms with Crippen molar-refractivity contribution >= 4 is 23.1 Å². The summed E-state index contributed by atoms with van der Waals surface area (Å²) in [6.07, 6.45) is 2.17. The fraction of sp³-hybridized carbons (Fsp3) is 0.586. The molecular weight excluding hydrogens is 569 g/mol. The summed E-state index contributed by atoms with van der Waals surface area (Å²) in [7, 11) is 1.73. The first-order chi connectivity index (χ1) is 20.6. The van der Waals surface area contributed by atoms with Gasteiger partial charge in [0, 0.05) is 39.3 Å². The molecule has 4 heterocycles. The Morgan fingerprint density at radius 2 is 1.77 bits per heavy atom. The largest absolute Gasteiger partial charge is 0.492 e. The van der Waals surface area contributed by atoms with E-state index in [9.17, 15) is 22.8 Å². The first kappa shape index (κ1) is 30.6. The van der Waals surface area contributed by atoms with Crippen molar-refractivity contribution in [2.45, 2.75) is 63.8 Å². The fourth-order valence-electron chi connectivity index (χ4n) is 6.45. The highest BCUT2D eigenvalue weighted by atomic mass is 19.4. The predicted octanol–water partition coefficient (Wildman–Crippen LogP) is 2.99. The molecule has 3 fully saturated rings. The number of alkyl halides is 3. The number of ether oxygens (including phenoxy) is 1. The number of hydrogen-bond donors (Lipinski definition) is 2. The van der Waals surface area contributed by atoms with Gasteiger partial charge >= 0.3 is 17.8 Å². The molecule has 234 valence electrons. The van der Waals surface area contributed by atoms with Crippen molar-refractivity contribution in [3.05, 3.63) is 51.2 Å². The second kappa shape index (κ2) is 12.8. The lowest BCUT2D eigenvalue weighted by Crippen LogP contribution is -2.41. The molecule has 11 nitrogen and oxygen atoms in total. The van der Waals surface area contributed by atoms with Crippen LogP contribution >= 0.6 is 0 Å². The quantitative estimate of drug-likeness (QED) is 0.421. The number of para-hydroxylation sites is 1. The average Bonchev–Trinajstić information content (AvgIpc) is 3.70. The van der Waals surface area contributed by atoms with Crippen LogP contribution in [0.15, 0.2) is 39.9 Å². The third-order valence-corrected chi connectivity index (χ3v) is 8.65. The Bertz CT molecular complexity index is 1540. The van der Waals surface area contributed by atoms with E-state index in [2.05, 4.69) is 14.8 Å². The van der Waals surface area contributed by atoms with E-state index in [4.69, 9.17) is 19.6 Å². The van der Waals surface area contributed by atoms with Gasteiger partial charge in [0.2, 0.25) is 5.95 Å². The van der Waals surface area contributed by atoms with E-state index in [0.29, 0.717) is 29.0 Å². The summed E-state index contributed by atoms with van der Waals surface area (Å²) >= 11 is 0. The van der Waals surface area contributed by atoms with Crippen molar-refractivity contribution in [1.29, 1.82) is 0 Å². The molecule has 1 aliphatic carbocycles. The highest BCUT2D eigenvalue weighted by Gasteiger charge is 2.40. The number of imidazole rings is 1. The van der Waals surface area contributed by atoms with Gasteiger partial charge in [0.05, 0.1) is 6.54 Å². The number of anilines is 1. The molecule has 2 unspecified atom stereocenters. The third-order valence-electron chi connectivity index (χ3n) is 8.65. The number of benzene rings is 1. The Morgan fingerprint density at radius 3 is 2.44 bits per heavy atom. The summed E-state index contributed by atoms with van der Waals surface area (Å²) in [5.74, 6) is -0.0310. The van der Waals surface area contributed by atoms with Gasteiger partial charge in [0.25, 0.3) is 5.56 Å². The molecule has 3 aliphatic rings. The predicted molar refractivity (Wildman–Crippen MR) is 154 cm³/mol. The maximum atomic E-state index is 13.9. The van der Waals surface area contributed by atoms with Gasteiger partial charge in [-0.3, -0.25) is 13.9 Å². The Morgan fingerprint density at radius 1 is 1.07 bits per heavy atom. The van der Waals surface area contributed by atoms with E-state index in [0.717, 1.165) is 44.3 Å². The second-order valence-electron chi connectivity index (χ2n) is 11.4. The van der Waals surface area contributed by atoms with Crippen molar-refractivity contribution in [2.75, 3.05) is 31.1 Å². The molecular formula is C29H37F3N6O5. The smallest absolute Gasteiger partial charge is 0.490 e. The summed E-state index contributed by atoms with van der Waals surface area (Å²) in [6.45, 7) is 4.14. The van der Waals surface area contributed by atoms with Gasteiger partial charge < -0.3 is 24.6 Å². The van der Waals surface area contributed by atoms with Crippen molar-refractivity contribution in [3.8, 4) is 5.75 Å². The van der Waals surface area contributed by atoms with Gasteiger partial charge in [-0.15, -0.1) is 0 Å². The van der Waals surface area contributed by atoms with E-state index < -0.39 is 12.1 Å². The number of carbonyl (C=O) groups is 1. The number of aromatic nitrogens is 4. The molecule has 1 aromatic carbocycles. The molecule has 1 saturated carbocycles. The Labute approximate surface area is 245 Å². The van der Waals surface area contributed by atoms with E-state index in [1.165, 1.54) is 36.7 Å². The van der Waals surface area contributed by atoms with Crippen LogP contribution in [-0.4, -0.2) is 68.2 Å². The number of fused-ring (bicyclic) bond motifs is 2. The summed E-state index contributed by atoms with van der Waals surface area (Å²) in [4.78, 5) is 43.4. The van der Waals surface area contributed by atoms with Crippen molar-refractivity contribution in [2.24, 2.45) is 18.9 Å². The first-order valence-corrected chi connectivity index (χ1v) is 14.7. The van der Waals surface area contributed by atoms with Crippen LogP contribution in [0.2, 0.25) is 0 Å². The monoisotopic (exact) mass is 606 g/mol. The van der Waals surface area contributed by atoms with Crippen LogP contribution in [-0.2, 0) is 24.9 Å². The molecule has 2 N–H and O–H groups in total. The minimum absolute atomic E-state index is 0.193. The summed E-state index contributed by atoms with van der Waals surface area (Å²) in [5.41, 5.74) is 0.428. The SMILES string of the molecule is Cn1c(=O)n(CCOc2ccccc2)c(=O)c2c1nc(N1CCC3CNCC31)n2CC1CCCCC1.O=C(O)C(F)(F)F. The minimum atomic E-state index is -5.08. The Kier molecular flexibility index (Phi) is 9.13. The highest BCUT2D eigenvalue weighted by Crippen LogP contribution is 2.34. The molecule has 0 radical (unpaired) electrons. The number of aryl methyl sites for hydroxylation is 1. The van der Waals surface area contributed by atoms with Gasteiger partial charge in [-0.1, -0.05) is 37.5 Å². The maximum absolute atomic E-state index is 13.9. The molecule has 2 saturated heterocycles. The number of nitrogens with one attached hydrogen (secondary N) is 1. The number of hydrogen-bond acceptors (Lipinski definition) is 7. The fourth-order valence-corrected chi connectivity index (χ4v) is 6.45. The van der Waals surface area contributed by atoms with Gasteiger partial charge in [-0.2, -0.15) is 18.2 Å². The van der Waals surface area contributed by atoms with Gasteiger partial charge in [0.1, 0.15) is 12.4 Å². The number of carboxylic acid groups (broad SMARTS) is 1. The lowest BCUT2D eigenvalue weighted by atomic mass is 9.89. The molecule has 14 heteroatoms. The molecule has 0 spiro atoms. The number of rotatable bonds is 7. The molecule has 43 heavy (non-hydrogen) atoms. The Balaban J connectivity index is 0.000000472. The number of carboxylic acids is 1. The van der Waals surface area contributed by atoms with Crippen LogP contribution in [0.5, 0.6) is 5.75 Å². The van der Waals surface area contributed by atoms with Crippen molar-refractivity contribution in [3.63, 3.8) is 0 Å².